The van der Waals surface area contributed by atoms with Gasteiger partial charge in [-0.2, -0.15) is 0 Å². The van der Waals surface area contributed by atoms with Crippen molar-refractivity contribution >= 4 is 0 Å². The molecule has 23 heavy (non-hydrogen) atoms. The van der Waals surface area contributed by atoms with Crippen molar-refractivity contribution in [1.29, 1.82) is 0 Å². The van der Waals surface area contributed by atoms with Crippen LogP contribution in [0.1, 0.15) is 32.6 Å². The largest absolute Gasteiger partial charge is 0.375 e. The van der Waals surface area contributed by atoms with Crippen LogP contribution in [0.3, 0.4) is 0 Å². The van der Waals surface area contributed by atoms with Gasteiger partial charge in [-0.05, 0) is 44.4 Å². The van der Waals surface area contributed by atoms with Gasteiger partial charge in [-0.1, -0.05) is 6.08 Å². The first-order valence-corrected chi connectivity index (χ1v) is 8.41. The molecule has 2 aliphatic rings. The summed E-state index contributed by atoms with van der Waals surface area (Å²) in [6, 6.07) is 0. The van der Waals surface area contributed by atoms with Crippen molar-refractivity contribution in [2.75, 3.05) is 13.2 Å². The molecule has 0 aromatic rings. The summed E-state index contributed by atoms with van der Waals surface area (Å²) in [5.41, 5.74) is 0. The van der Waals surface area contributed by atoms with Crippen LogP contribution in [0.2, 0.25) is 0 Å². The Hall–Kier alpha value is -0.620. The van der Waals surface area contributed by atoms with Crippen LogP contribution < -0.4 is 0 Å². The Balaban J connectivity index is 1.98. The van der Waals surface area contributed by atoms with Crippen LogP contribution in [-0.4, -0.2) is 50.1 Å². The van der Waals surface area contributed by atoms with Crippen molar-refractivity contribution < 1.29 is 27.0 Å². The van der Waals surface area contributed by atoms with Crippen LogP contribution in [0.5, 0.6) is 0 Å². The van der Waals surface area contributed by atoms with E-state index in [2.05, 4.69) is 6.58 Å². The third-order valence-electron chi connectivity index (χ3n) is 5.06. The van der Waals surface area contributed by atoms with Crippen LogP contribution >= 0.6 is 0 Å². The molecule has 0 saturated heterocycles. The second-order valence-electron chi connectivity index (χ2n) is 6.41. The predicted molar refractivity (Wildman–Crippen MR) is 80.4 cm³/mol. The summed E-state index contributed by atoms with van der Waals surface area (Å²) in [4.78, 5) is 0. The summed E-state index contributed by atoms with van der Waals surface area (Å²) >= 11 is 0. The Kier molecular flexibility index (Phi) is 6.89. The SMILES string of the molecule is C=CCOC1CCC(C2CCC(OCC)C(F)C2F)C(F)C1F. The highest BCUT2D eigenvalue weighted by Crippen LogP contribution is 2.44. The summed E-state index contributed by atoms with van der Waals surface area (Å²) in [5, 5.41) is 0. The molecule has 0 amide bonds. The maximum Gasteiger partial charge on any atom is 0.157 e. The zero-order valence-electron chi connectivity index (χ0n) is 13.5. The van der Waals surface area contributed by atoms with Crippen molar-refractivity contribution in [3.8, 4) is 0 Å². The monoisotopic (exact) mass is 338 g/mol. The fourth-order valence-electron chi connectivity index (χ4n) is 3.89. The van der Waals surface area contributed by atoms with Gasteiger partial charge in [0.1, 0.15) is 12.3 Å². The fourth-order valence-corrected chi connectivity index (χ4v) is 3.89. The van der Waals surface area contributed by atoms with Gasteiger partial charge in [-0.3, -0.25) is 0 Å². The minimum Gasteiger partial charge on any atom is -0.375 e. The number of halogens is 4. The van der Waals surface area contributed by atoms with Gasteiger partial charge in [0.25, 0.3) is 0 Å². The summed E-state index contributed by atoms with van der Waals surface area (Å²) in [7, 11) is 0. The lowest BCUT2D eigenvalue weighted by molar-refractivity contribution is -0.118. The molecule has 2 nitrogen and oxygen atoms in total. The molecular weight excluding hydrogens is 312 g/mol. The minimum absolute atomic E-state index is 0.153. The summed E-state index contributed by atoms with van der Waals surface area (Å²) in [6.45, 7) is 5.66. The average molecular weight is 338 g/mol. The Morgan fingerprint density at radius 1 is 0.826 bits per heavy atom. The maximum absolute atomic E-state index is 14.4. The molecule has 0 bridgehead atoms. The molecule has 0 N–H and O–H groups in total. The molecular formula is C17H26F4O2. The predicted octanol–water partition coefficient (Wildman–Crippen LogP) is 4.14. The van der Waals surface area contributed by atoms with Gasteiger partial charge < -0.3 is 9.47 Å². The molecule has 0 aromatic carbocycles. The van der Waals surface area contributed by atoms with Gasteiger partial charge in [0.2, 0.25) is 0 Å². The van der Waals surface area contributed by atoms with Crippen molar-refractivity contribution in [2.45, 2.75) is 69.5 Å². The van der Waals surface area contributed by atoms with Crippen molar-refractivity contribution in [3.63, 3.8) is 0 Å². The van der Waals surface area contributed by atoms with E-state index < -0.39 is 48.7 Å². The van der Waals surface area contributed by atoms with Crippen LogP contribution in [0, 0.1) is 11.8 Å². The van der Waals surface area contributed by atoms with Crippen LogP contribution in [-0.2, 0) is 9.47 Å². The summed E-state index contributed by atoms with van der Waals surface area (Å²) in [5.74, 6) is -1.60. The first-order valence-electron chi connectivity index (χ1n) is 8.41. The highest BCUT2D eigenvalue weighted by Gasteiger charge is 2.50. The number of rotatable bonds is 6. The van der Waals surface area contributed by atoms with Crippen molar-refractivity contribution in [2.24, 2.45) is 11.8 Å². The first-order chi connectivity index (χ1) is 11.0. The normalized spacial score (nSPS) is 44.9. The van der Waals surface area contributed by atoms with E-state index in [-0.39, 0.29) is 6.61 Å². The topological polar surface area (TPSA) is 18.5 Å². The number of hydrogen-bond acceptors (Lipinski definition) is 2. The van der Waals surface area contributed by atoms with E-state index in [9.17, 15) is 17.6 Å². The smallest absolute Gasteiger partial charge is 0.157 e. The van der Waals surface area contributed by atoms with Crippen LogP contribution in [0.15, 0.2) is 12.7 Å². The molecule has 8 atom stereocenters. The van der Waals surface area contributed by atoms with Gasteiger partial charge in [0.15, 0.2) is 12.3 Å². The van der Waals surface area contributed by atoms with Crippen LogP contribution in [0.4, 0.5) is 17.6 Å². The van der Waals surface area contributed by atoms with Gasteiger partial charge in [0.05, 0.1) is 18.8 Å². The van der Waals surface area contributed by atoms with E-state index in [1.54, 1.807) is 6.92 Å². The van der Waals surface area contributed by atoms with E-state index in [4.69, 9.17) is 9.47 Å². The van der Waals surface area contributed by atoms with Gasteiger partial charge >= 0.3 is 0 Å². The molecule has 2 aliphatic carbocycles. The number of hydrogen-bond donors (Lipinski definition) is 0. The standard InChI is InChI=1S/C17H26F4O2/c1-3-9-23-13-8-6-11(15(19)17(13)21)10-5-7-12(22-4-2)16(20)14(10)18/h3,10-17H,1,4-9H2,2H3. The van der Waals surface area contributed by atoms with E-state index in [1.807, 2.05) is 0 Å². The second kappa shape index (κ2) is 8.47. The molecule has 0 aliphatic heterocycles. The molecule has 2 fully saturated rings. The highest BCUT2D eigenvalue weighted by molar-refractivity contribution is 4.98. The lowest BCUT2D eigenvalue weighted by atomic mass is 9.69. The lowest BCUT2D eigenvalue weighted by Gasteiger charge is -2.43. The second-order valence-corrected chi connectivity index (χ2v) is 6.41. The Morgan fingerprint density at radius 3 is 1.74 bits per heavy atom. The quantitative estimate of drug-likeness (QED) is 0.535. The minimum atomic E-state index is -1.82. The third-order valence-corrected chi connectivity index (χ3v) is 5.06. The van der Waals surface area contributed by atoms with E-state index in [1.165, 1.54) is 6.08 Å². The molecule has 0 radical (unpaired) electrons. The Labute approximate surface area is 135 Å². The lowest BCUT2D eigenvalue weighted by Crippen LogP contribution is -2.51. The zero-order chi connectivity index (χ0) is 17.0. The van der Waals surface area contributed by atoms with Crippen LogP contribution in [0.25, 0.3) is 0 Å². The summed E-state index contributed by atoms with van der Waals surface area (Å²) in [6.07, 6.45) is -6.05. The summed E-state index contributed by atoms with van der Waals surface area (Å²) < 4.78 is 67.6. The molecule has 0 heterocycles. The average Bonchev–Trinajstić information content (AvgIpc) is 2.54. The van der Waals surface area contributed by atoms with Gasteiger partial charge in [-0.25, -0.2) is 17.6 Å². The zero-order valence-corrected chi connectivity index (χ0v) is 13.5. The Morgan fingerprint density at radius 2 is 1.30 bits per heavy atom. The fraction of sp³-hybridized carbons (Fsp3) is 0.882. The van der Waals surface area contributed by atoms with Gasteiger partial charge in [0, 0.05) is 6.61 Å². The van der Waals surface area contributed by atoms with E-state index in [0.717, 1.165) is 0 Å². The molecule has 2 saturated carbocycles. The first kappa shape index (κ1) is 18.7. The molecule has 0 spiro atoms. The molecule has 2 rings (SSSR count). The molecule has 8 unspecified atom stereocenters. The molecule has 6 heteroatoms. The highest BCUT2D eigenvalue weighted by atomic mass is 19.2. The van der Waals surface area contributed by atoms with E-state index >= 15 is 0 Å². The number of alkyl halides is 4. The maximum atomic E-state index is 14.4. The van der Waals surface area contributed by atoms with Gasteiger partial charge in [-0.15, -0.1) is 6.58 Å². The Bertz CT molecular complexity index is 382. The molecule has 0 aromatic heterocycles. The number of ether oxygens (including phenoxy) is 2. The third kappa shape index (κ3) is 4.08. The van der Waals surface area contributed by atoms with E-state index in [0.29, 0.717) is 32.3 Å². The molecule has 134 valence electrons. The van der Waals surface area contributed by atoms with Crippen molar-refractivity contribution in [1.82, 2.24) is 0 Å². The van der Waals surface area contributed by atoms with Crippen molar-refractivity contribution in [3.05, 3.63) is 12.7 Å².